The molecule has 0 unspecified atom stereocenters. The number of aromatic nitrogens is 3. The molecule has 2 atom stereocenters. The molecule has 1 aliphatic heterocycles. The lowest BCUT2D eigenvalue weighted by Gasteiger charge is -2.16. The van der Waals surface area contributed by atoms with E-state index in [0.29, 0.717) is 13.0 Å². The molecule has 3 rings (SSSR count). The fourth-order valence-corrected chi connectivity index (χ4v) is 2.41. The Hall–Kier alpha value is -1.89. The van der Waals surface area contributed by atoms with Gasteiger partial charge in [0.2, 0.25) is 0 Å². The largest absolute Gasteiger partial charge is 0.453 e. The Balaban J connectivity index is 1.88. The number of benzene rings is 1. The van der Waals surface area contributed by atoms with Gasteiger partial charge in [-0.1, -0.05) is 30.3 Å². The zero-order valence-electron chi connectivity index (χ0n) is 10.4. The predicted octanol–water partition coefficient (Wildman–Crippen LogP) is 3.07. The summed E-state index contributed by atoms with van der Waals surface area (Å²) < 4.78 is 43.2. The first-order valence-electron chi connectivity index (χ1n) is 6.22. The summed E-state index contributed by atoms with van der Waals surface area (Å²) in [4.78, 5) is 3.57. The summed E-state index contributed by atoms with van der Waals surface area (Å²) in [7, 11) is 0. The molecule has 0 aliphatic carbocycles. The lowest BCUT2D eigenvalue weighted by molar-refractivity contribution is -0.144. The highest BCUT2D eigenvalue weighted by molar-refractivity contribution is 5.22. The maximum absolute atomic E-state index is 12.5. The molecule has 0 bridgehead atoms. The smallest absolute Gasteiger partial charge is 0.373 e. The van der Waals surface area contributed by atoms with E-state index in [-0.39, 0.29) is 17.8 Å². The summed E-state index contributed by atoms with van der Waals surface area (Å²) in [6.45, 7) is 0.492. The van der Waals surface area contributed by atoms with Gasteiger partial charge in [-0.15, -0.1) is 5.10 Å². The number of halogens is 3. The van der Waals surface area contributed by atoms with E-state index in [2.05, 4.69) is 15.2 Å². The van der Waals surface area contributed by atoms with Crippen LogP contribution in [0.25, 0.3) is 0 Å². The highest BCUT2D eigenvalue weighted by Gasteiger charge is 2.39. The quantitative estimate of drug-likeness (QED) is 0.921. The molecule has 106 valence electrons. The Morgan fingerprint density at radius 1 is 1.20 bits per heavy atom. The maximum Gasteiger partial charge on any atom is 0.453 e. The Kier molecular flexibility index (Phi) is 3.21. The summed E-state index contributed by atoms with van der Waals surface area (Å²) in [6.07, 6.45) is -4.20. The summed E-state index contributed by atoms with van der Waals surface area (Å²) >= 11 is 0. The molecule has 1 aromatic heterocycles. The van der Waals surface area contributed by atoms with Crippen molar-refractivity contribution in [3.63, 3.8) is 0 Å². The van der Waals surface area contributed by atoms with Gasteiger partial charge < -0.3 is 4.74 Å². The van der Waals surface area contributed by atoms with Crippen molar-refractivity contribution in [2.75, 3.05) is 6.61 Å². The number of hydrogen-bond donors (Lipinski definition) is 1. The van der Waals surface area contributed by atoms with Crippen molar-refractivity contribution < 1.29 is 17.9 Å². The fourth-order valence-electron chi connectivity index (χ4n) is 2.41. The SMILES string of the molecule is FC(F)(F)c1n[nH]c([C@@H]2CCO[C@H]2c2ccccc2)n1. The number of hydrogen-bond acceptors (Lipinski definition) is 3. The minimum absolute atomic E-state index is 0.226. The number of alkyl halides is 3. The molecule has 0 spiro atoms. The van der Waals surface area contributed by atoms with E-state index in [4.69, 9.17) is 4.74 Å². The van der Waals surface area contributed by atoms with Crippen molar-refractivity contribution in [2.45, 2.75) is 24.6 Å². The maximum atomic E-state index is 12.5. The molecule has 2 heterocycles. The summed E-state index contributed by atoms with van der Waals surface area (Å²) in [5.41, 5.74) is 0.931. The van der Waals surface area contributed by atoms with Crippen molar-refractivity contribution in [1.82, 2.24) is 15.2 Å². The Bertz CT molecular complexity index is 582. The number of nitrogens with one attached hydrogen (secondary N) is 1. The molecule has 20 heavy (non-hydrogen) atoms. The monoisotopic (exact) mass is 283 g/mol. The van der Waals surface area contributed by atoms with Gasteiger partial charge in [0.1, 0.15) is 5.82 Å². The Morgan fingerprint density at radius 2 is 1.95 bits per heavy atom. The van der Waals surface area contributed by atoms with Crippen molar-refractivity contribution >= 4 is 0 Å². The van der Waals surface area contributed by atoms with Crippen molar-refractivity contribution in [3.05, 3.63) is 47.5 Å². The second-order valence-corrected chi connectivity index (χ2v) is 4.64. The lowest BCUT2D eigenvalue weighted by atomic mass is 9.95. The van der Waals surface area contributed by atoms with Crippen LogP contribution in [-0.4, -0.2) is 21.8 Å². The molecule has 0 saturated carbocycles. The molecule has 4 nitrogen and oxygen atoms in total. The topological polar surface area (TPSA) is 50.8 Å². The van der Waals surface area contributed by atoms with E-state index in [9.17, 15) is 13.2 Å². The predicted molar refractivity (Wildman–Crippen MR) is 63.9 cm³/mol. The van der Waals surface area contributed by atoms with Crippen LogP contribution in [-0.2, 0) is 10.9 Å². The molecule has 7 heteroatoms. The third-order valence-corrected chi connectivity index (χ3v) is 3.33. The van der Waals surface area contributed by atoms with Gasteiger partial charge in [0.15, 0.2) is 0 Å². The minimum atomic E-state index is -4.53. The number of nitrogens with zero attached hydrogens (tertiary/aromatic N) is 2. The standard InChI is InChI=1S/C13H12F3N3O/c14-13(15,16)12-17-11(18-19-12)9-6-7-20-10(9)8-4-2-1-3-5-8/h1-5,9-10H,6-7H2,(H,17,18,19)/t9-,10+/m1/s1. The van der Waals surface area contributed by atoms with E-state index in [1.54, 1.807) is 0 Å². The fraction of sp³-hybridized carbons (Fsp3) is 0.385. The van der Waals surface area contributed by atoms with Crippen LogP contribution in [0, 0.1) is 0 Å². The van der Waals surface area contributed by atoms with Gasteiger partial charge in [-0.2, -0.15) is 13.2 Å². The molecule has 2 aromatic rings. The van der Waals surface area contributed by atoms with Gasteiger partial charge in [0.25, 0.3) is 5.82 Å². The van der Waals surface area contributed by atoms with Crippen LogP contribution in [0.15, 0.2) is 30.3 Å². The van der Waals surface area contributed by atoms with Crippen molar-refractivity contribution in [3.8, 4) is 0 Å². The van der Waals surface area contributed by atoms with Crippen LogP contribution in [0.3, 0.4) is 0 Å². The lowest BCUT2D eigenvalue weighted by Crippen LogP contribution is -2.10. The zero-order chi connectivity index (χ0) is 14.2. The highest BCUT2D eigenvalue weighted by Crippen LogP contribution is 2.40. The zero-order valence-corrected chi connectivity index (χ0v) is 10.4. The molecule has 0 amide bonds. The number of ether oxygens (including phenoxy) is 1. The summed E-state index contributed by atoms with van der Waals surface area (Å²) in [6, 6.07) is 9.41. The van der Waals surface area contributed by atoms with Crippen molar-refractivity contribution in [2.24, 2.45) is 0 Å². The third-order valence-electron chi connectivity index (χ3n) is 3.33. The minimum Gasteiger partial charge on any atom is -0.373 e. The molecule has 1 fully saturated rings. The first-order valence-corrected chi connectivity index (χ1v) is 6.22. The van der Waals surface area contributed by atoms with Gasteiger partial charge >= 0.3 is 6.18 Å². The van der Waals surface area contributed by atoms with Crippen LogP contribution in [0.4, 0.5) is 13.2 Å². The van der Waals surface area contributed by atoms with E-state index in [1.165, 1.54) is 0 Å². The number of rotatable bonds is 2. The van der Waals surface area contributed by atoms with Crippen LogP contribution in [0.5, 0.6) is 0 Å². The van der Waals surface area contributed by atoms with Crippen LogP contribution >= 0.6 is 0 Å². The average molecular weight is 283 g/mol. The van der Waals surface area contributed by atoms with Gasteiger partial charge in [-0.3, -0.25) is 5.10 Å². The second-order valence-electron chi connectivity index (χ2n) is 4.64. The highest BCUT2D eigenvalue weighted by atomic mass is 19.4. The Morgan fingerprint density at radius 3 is 2.60 bits per heavy atom. The molecular weight excluding hydrogens is 271 g/mol. The number of H-pyrrole nitrogens is 1. The van der Waals surface area contributed by atoms with E-state index >= 15 is 0 Å². The van der Waals surface area contributed by atoms with E-state index in [0.717, 1.165) is 5.56 Å². The van der Waals surface area contributed by atoms with Crippen LogP contribution in [0.1, 0.15) is 35.7 Å². The van der Waals surface area contributed by atoms with Crippen LogP contribution < -0.4 is 0 Å². The second kappa shape index (κ2) is 4.90. The summed E-state index contributed by atoms with van der Waals surface area (Å²) in [5, 5.41) is 5.64. The Labute approximate surface area is 113 Å². The van der Waals surface area contributed by atoms with Gasteiger partial charge in [-0.25, -0.2) is 4.98 Å². The first-order chi connectivity index (χ1) is 9.55. The molecule has 0 radical (unpaired) electrons. The molecular formula is C13H12F3N3O. The van der Waals surface area contributed by atoms with Gasteiger partial charge in [-0.05, 0) is 12.0 Å². The molecule has 1 saturated heterocycles. The van der Waals surface area contributed by atoms with E-state index in [1.807, 2.05) is 30.3 Å². The number of aromatic amines is 1. The summed E-state index contributed by atoms with van der Waals surface area (Å²) in [5.74, 6) is -1.14. The third kappa shape index (κ3) is 2.40. The first kappa shape index (κ1) is 13.1. The van der Waals surface area contributed by atoms with Crippen molar-refractivity contribution in [1.29, 1.82) is 0 Å². The molecule has 1 aliphatic rings. The van der Waals surface area contributed by atoms with E-state index < -0.39 is 12.0 Å². The molecule has 1 N–H and O–H groups in total. The average Bonchev–Trinajstić information content (AvgIpc) is 3.07. The van der Waals surface area contributed by atoms with Gasteiger partial charge in [0, 0.05) is 6.61 Å². The normalized spacial score (nSPS) is 23.1. The van der Waals surface area contributed by atoms with Gasteiger partial charge in [0.05, 0.1) is 12.0 Å². The van der Waals surface area contributed by atoms with Crippen LogP contribution in [0.2, 0.25) is 0 Å². The molecule has 1 aromatic carbocycles.